The van der Waals surface area contributed by atoms with Gasteiger partial charge in [0.25, 0.3) is 0 Å². The number of hydrogen-bond donors (Lipinski definition) is 0. The standard InChI is InChI=1S/C16H23F7O2/c17-14(18,15(19,20)16(21,22)23)13(24)25-12-10-8-6-4-2-1-3-5-7-9-11-12/h12H,1-11H2. The highest BCUT2D eigenvalue weighted by molar-refractivity contribution is 5.79. The predicted molar refractivity (Wildman–Crippen MR) is 76.6 cm³/mol. The van der Waals surface area contributed by atoms with Gasteiger partial charge in [-0.05, 0) is 25.7 Å². The van der Waals surface area contributed by atoms with E-state index in [1.807, 2.05) is 0 Å². The van der Waals surface area contributed by atoms with E-state index in [1.54, 1.807) is 0 Å². The van der Waals surface area contributed by atoms with Crippen LogP contribution in [0.15, 0.2) is 0 Å². The van der Waals surface area contributed by atoms with Crippen molar-refractivity contribution in [2.75, 3.05) is 0 Å². The van der Waals surface area contributed by atoms with Gasteiger partial charge in [-0.25, -0.2) is 4.79 Å². The number of carbonyl (C=O) groups is 1. The highest BCUT2D eigenvalue weighted by Crippen LogP contribution is 2.47. The summed E-state index contributed by atoms with van der Waals surface area (Å²) in [7, 11) is 0. The van der Waals surface area contributed by atoms with Crippen LogP contribution in [0.3, 0.4) is 0 Å². The molecule has 1 saturated carbocycles. The van der Waals surface area contributed by atoms with Crippen LogP contribution in [-0.2, 0) is 9.53 Å². The molecule has 1 aliphatic carbocycles. The first-order valence-electron chi connectivity index (χ1n) is 8.53. The highest BCUT2D eigenvalue weighted by atomic mass is 19.4. The molecule has 0 saturated heterocycles. The molecule has 1 fully saturated rings. The van der Waals surface area contributed by atoms with Crippen molar-refractivity contribution in [1.29, 1.82) is 0 Å². The molecule has 0 radical (unpaired) electrons. The number of rotatable bonds is 3. The van der Waals surface area contributed by atoms with Crippen LogP contribution in [0.1, 0.15) is 70.6 Å². The molecule has 0 heterocycles. The molecule has 0 atom stereocenters. The summed E-state index contributed by atoms with van der Waals surface area (Å²) in [5.41, 5.74) is 0. The number of alkyl halides is 7. The first-order chi connectivity index (χ1) is 11.5. The van der Waals surface area contributed by atoms with Crippen LogP contribution < -0.4 is 0 Å². The highest BCUT2D eigenvalue weighted by Gasteiger charge is 2.77. The van der Waals surface area contributed by atoms with Gasteiger partial charge in [-0.15, -0.1) is 0 Å². The van der Waals surface area contributed by atoms with E-state index in [2.05, 4.69) is 4.74 Å². The molecule has 0 aromatic heterocycles. The molecule has 0 aromatic carbocycles. The summed E-state index contributed by atoms with van der Waals surface area (Å²) in [4.78, 5) is 11.3. The van der Waals surface area contributed by atoms with Gasteiger partial charge in [-0.1, -0.05) is 44.9 Å². The van der Waals surface area contributed by atoms with Crippen LogP contribution in [0.4, 0.5) is 30.7 Å². The van der Waals surface area contributed by atoms with Gasteiger partial charge in [0.2, 0.25) is 0 Å². The topological polar surface area (TPSA) is 26.3 Å². The van der Waals surface area contributed by atoms with Crippen LogP contribution in [0.5, 0.6) is 0 Å². The average molecular weight is 380 g/mol. The number of carbonyl (C=O) groups excluding carboxylic acids is 1. The largest absolute Gasteiger partial charge is 0.460 e. The van der Waals surface area contributed by atoms with Gasteiger partial charge in [0.1, 0.15) is 6.10 Å². The third kappa shape index (κ3) is 6.02. The molecule has 148 valence electrons. The zero-order chi connectivity index (χ0) is 19.1. The van der Waals surface area contributed by atoms with Crippen LogP contribution in [0, 0.1) is 0 Å². The zero-order valence-electron chi connectivity index (χ0n) is 13.8. The van der Waals surface area contributed by atoms with E-state index >= 15 is 0 Å². The van der Waals surface area contributed by atoms with Crippen molar-refractivity contribution in [2.24, 2.45) is 0 Å². The Balaban J connectivity index is 2.72. The Hall–Kier alpha value is -1.02. The van der Waals surface area contributed by atoms with E-state index in [4.69, 9.17) is 0 Å². The van der Waals surface area contributed by atoms with Crippen molar-refractivity contribution in [3.05, 3.63) is 0 Å². The van der Waals surface area contributed by atoms with Crippen molar-refractivity contribution in [3.63, 3.8) is 0 Å². The van der Waals surface area contributed by atoms with Crippen LogP contribution in [0.25, 0.3) is 0 Å². The second-order valence-corrected chi connectivity index (χ2v) is 6.43. The van der Waals surface area contributed by atoms with Crippen molar-refractivity contribution >= 4 is 5.97 Å². The lowest BCUT2D eigenvalue weighted by Crippen LogP contribution is -2.57. The summed E-state index contributed by atoms with van der Waals surface area (Å²) in [5, 5.41) is 0. The number of ether oxygens (including phenoxy) is 1. The number of hydrogen-bond acceptors (Lipinski definition) is 2. The van der Waals surface area contributed by atoms with Gasteiger partial charge >= 0.3 is 24.0 Å². The Bertz CT molecular complexity index is 409. The Morgan fingerprint density at radius 3 is 1.40 bits per heavy atom. The summed E-state index contributed by atoms with van der Waals surface area (Å²) in [5.74, 6) is -15.2. The molecule has 0 spiro atoms. The molecule has 0 unspecified atom stereocenters. The minimum atomic E-state index is -6.54. The number of halogens is 7. The molecule has 0 aliphatic heterocycles. The third-order valence-electron chi connectivity index (χ3n) is 4.33. The minimum absolute atomic E-state index is 0.180. The molecule has 1 rings (SSSR count). The monoisotopic (exact) mass is 380 g/mol. The lowest BCUT2D eigenvalue weighted by Gasteiger charge is -2.28. The fraction of sp³-hybridized carbons (Fsp3) is 0.938. The van der Waals surface area contributed by atoms with E-state index in [9.17, 15) is 35.5 Å². The lowest BCUT2D eigenvalue weighted by atomic mass is 9.99. The summed E-state index contributed by atoms with van der Waals surface area (Å²) < 4.78 is 93.3. The summed E-state index contributed by atoms with van der Waals surface area (Å²) in [6.07, 6.45) is 0.372. The van der Waals surface area contributed by atoms with E-state index in [0.29, 0.717) is 12.8 Å². The van der Waals surface area contributed by atoms with Crippen molar-refractivity contribution in [2.45, 2.75) is 94.8 Å². The van der Waals surface area contributed by atoms with E-state index in [-0.39, 0.29) is 12.8 Å². The maximum atomic E-state index is 13.3. The van der Waals surface area contributed by atoms with Crippen molar-refractivity contribution in [1.82, 2.24) is 0 Å². The molecule has 0 bridgehead atoms. The minimum Gasteiger partial charge on any atom is -0.458 e. The zero-order valence-corrected chi connectivity index (χ0v) is 13.8. The van der Waals surface area contributed by atoms with Crippen molar-refractivity contribution < 1.29 is 40.3 Å². The Labute approximate surface area is 142 Å². The number of esters is 1. The lowest BCUT2D eigenvalue weighted by molar-refractivity contribution is -0.349. The van der Waals surface area contributed by atoms with Gasteiger partial charge in [0.15, 0.2) is 0 Å². The normalized spacial score (nSPS) is 20.4. The maximum Gasteiger partial charge on any atom is 0.460 e. The predicted octanol–water partition coefficient (Wildman–Crippen LogP) is 6.04. The van der Waals surface area contributed by atoms with Crippen molar-refractivity contribution in [3.8, 4) is 0 Å². The summed E-state index contributed by atoms with van der Waals surface area (Å²) >= 11 is 0. The smallest absolute Gasteiger partial charge is 0.458 e. The first-order valence-corrected chi connectivity index (χ1v) is 8.53. The second kappa shape index (κ2) is 9.07. The van der Waals surface area contributed by atoms with E-state index in [1.165, 1.54) is 0 Å². The third-order valence-corrected chi connectivity index (χ3v) is 4.33. The van der Waals surface area contributed by atoms with Gasteiger partial charge in [-0.3, -0.25) is 0 Å². The Morgan fingerprint density at radius 1 is 0.680 bits per heavy atom. The maximum absolute atomic E-state index is 13.3. The molecule has 0 amide bonds. The van der Waals surface area contributed by atoms with Crippen LogP contribution in [0.2, 0.25) is 0 Å². The average Bonchev–Trinajstić information content (AvgIpc) is 2.48. The fourth-order valence-corrected chi connectivity index (χ4v) is 2.78. The molecular formula is C16H23F7O2. The second-order valence-electron chi connectivity index (χ2n) is 6.43. The molecule has 0 aromatic rings. The molecular weight excluding hydrogens is 357 g/mol. The molecule has 0 N–H and O–H groups in total. The van der Waals surface area contributed by atoms with Gasteiger partial charge in [-0.2, -0.15) is 30.7 Å². The van der Waals surface area contributed by atoms with E-state index < -0.39 is 30.1 Å². The quantitative estimate of drug-likeness (QED) is 0.441. The Kier molecular flexibility index (Phi) is 7.99. The first kappa shape index (κ1) is 22.0. The Morgan fingerprint density at radius 2 is 1.04 bits per heavy atom. The van der Waals surface area contributed by atoms with Gasteiger partial charge < -0.3 is 4.74 Å². The fourth-order valence-electron chi connectivity index (χ4n) is 2.78. The van der Waals surface area contributed by atoms with Gasteiger partial charge in [0, 0.05) is 0 Å². The molecule has 9 heteroatoms. The SMILES string of the molecule is O=C(OC1CCCCCCCCCCC1)C(F)(F)C(F)(F)C(F)(F)F. The summed E-state index contributed by atoms with van der Waals surface area (Å²) in [6, 6.07) is 0. The summed E-state index contributed by atoms with van der Waals surface area (Å²) in [6.45, 7) is 0. The van der Waals surface area contributed by atoms with Crippen LogP contribution in [-0.4, -0.2) is 30.1 Å². The molecule has 1 aliphatic rings. The van der Waals surface area contributed by atoms with Crippen LogP contribution >= 0.6 is 0 Å². The molecule has 25 heavy (non-hydrogen) atoms. The van der Waals surface area contributed by atoms with E-state index in [0.717, 1.165) is 44.9 Å². The van der Waals surface area contributed by atoms with Gasteiger partial charge in [0.05, 0.1) is 0 Å². The molecule has 2 nitrogen and oxygen atoms in total.